The number of alkyl halides is 3. The van der Waals surface area contributed by atoms with Crippen molar-refractivity contribution in [3.05, 3.63) is 60.0 Å². The van der Waals surface area contributed by atoms with Crippen molar-refractivity contribution in [3.63, 3.8) is 0 Å². The molecule has 0 fully saturated rings. The summed E-state index contributed by atoms with van der Waals surface area (Å²) in [5.74, 6) is -1.65. The molecule has 24 heavy (non-hydrogen) atoms. The monoisotopic (exact) mass is 332 g/mol. The van der Waals surface area contributed by atoms with Crippen LogP contribution in [0.1, 0.15) is 16.3 Å². The summed E-state index contributed by atoms with van der Waals surface area (Å²) in [6.07, 6.45) is -4.70. The van der Waals surface area contributed by atoms with E-state index in [0.717, 1.165) is 23.9 Å². The molecule has 1 heterocycles. The van der Waals surface area contributed by atoms with Crippen LogP contribution in [0.15, 0.2) is 48.5 Å². The summed E-state index contributed by atoms with van der Waals surface area (Å²) >= 11 is 0. The highest BCUT2D eigenvalue weighted by atomic mass is 19.4. The van der Waals surface area contributed by atoms with E-state index >= 15 is 0 Å². The Labute approximate surface area is 134 Å². The zero-order chi connectivity index (χ0) is 17.3. The van der Waals surface area contributed by atoms with Crippen LogP contribution >= 0.6 is 0 Å². The fraction of sp³-hybridized carbons (Fsp3) is 0.118. The minimum absolute atomic E-state index is 0.00322. The average molecular weight is 332 g/mol. The second-order valence-corrected chi connectivity index (χ2v) is 5.01. The molecule has 3 aromatic rings. The van der Waals surface area contributed by atoms with Gasteiger partial charge in [0.15, 0.2) is 0 Å². The summed E-state index contributed by atoms with van der Waals surface area (Å²) in [5.41, 5.74) is -0.740. The lowest BCUT2D eigenvalue weighted by Crippen LogP contribution is -2.15. The molecule has 2 aromatic carbocycles. The summed E-state index contributed by atoms with van der Waals surface area (Å²) in [4.78, 5) is 18.7. The van der Waals surface area contributed by atoms with Gasteiger partial charge in [0, 0.05) is 5.56 Å². The number of esters is 1. The third-order valence-electron chi connectivity index (χ3n) is 3.43. The fourth-order valence-corrected chi connectivity index (χ4v) is 2.27. The second kappa shape index (κ2) is 5.92. The van der Waals surface area contributed by atoms with Crippen molar-refractivity contribution in [2.24, 2.45) is 0 Å². The minimum atomic E-state index is -4.70. The maximum Gasteiger partial charge on any atom is 0.433 e. The molecule has 0 saturated carbocycles. The summed E-state index contributed by atoms with van der Waals surface area (Å²) in [7, 11) is 1.06. The molecule has 0 aliphatic carbocycles. The van der Waals surface area contributed by atoms with Crippen LogP contribution in [-0.2, 0) is 10.9 Å². The van der Waals surface area contributed by atoms with Gasteiger partial charge in [-0.1, -0.05) is 36.4 Å². The molecule has 0 aliphatic heterocycles. The van der Waals surface area contributed by atoms with E-state index in [1.807, 2.05) is 24.3 Å². The highest BCUT2D eigenvalue weighted by Gasteiger charge is 2.34. The summed E-state index contributed by atoms with van der Waals surface area (Å²) in [6.45, 7) is 0. The molecule has 4 nitrogen and oxygen atoms in total. The molecule has 0 amide bonds. The number of ether oxygens (including phenoxy) is 1. The number of rotatable bonds is 2. The topological polar surface area (TPSA) is 52.1 Å². The van der Waals surface area contributed by atoms with Gasteiger partial charge in [0.2, 0.25) is 5.82 Å². The maximum atomic E-state index is 13.0. The Hall–Kier alpha value is -2.96. The van der Waals surface area contributed by atoms with E-state index < -0.39 is 23.7 Å². The van der Waals surface area contributed by atoms with Crippen molar-refractivity contribution < 1.29 is 22.7 Å². The molecular weight excluding hydrogens is 321 g/mol. The van der Waals surface area contributed by atoms with Gasteiger partial charge in [-0.2, -0.15) is 13.2 Å². The van der Waals surface area contributed by atoms with Gasteiger partial charge in [0.05, 0.1) is 12.8 Å². The molecular formula is C17H11F3N2O2. The van der Waals surface area contributed by atoms with Crippen molar-refractivity contribution in [2.75, 3.05) is 7.11 Å². The summed E-state index contributed by atoms with van der Waals surface area (Å²) < 4.78 is 43.6. The van der Waals surface area contributed by atoms with E-state index in [2.05, 4.69) is 14.7 Å². The molecule has 0 aliphatic rings. The molecule has 0 bridgehead atoms. The normalized spacial score (nSPS) is 11.5. The second-order valence-electron chi connectivity index (χ2n) is 5.01. The van der Waals surface area contributed by atoms with Crippen LogP contribution in [0.3, 0.4) is 0 Å². The van der Waals surface area contributed by atoms with Gasteiger partial charge in [0.25, 0.3) is 0 Å². The van der Waals surface area contributed by atoms with Crippen molar-refractivity contribution >= 4 is 16.7 Å². The Balaban J connectivity index is 2.19. The standard InChI is InChI=1S/C17H11F3N2O2/c1-24-16(23)15-21-13(9-14(22-15)17(18,19)20)12-7-6-10-4-2-3-5-11(10)8-12/h2-9H,1H3. The Morgan fingerprint density at radius 1 is 1.00 bits per heavy atom. The predicted octanol–water partition coefficient (Wildman–Crippen LogP) is 4.10. The van der Waals surface area contributed by atoms with Gasteiger partial charge in [-0.05, 0) is 22.9 Å². The molecule has 0 N–H and O–H groups in total. The van der Waals surface area contributed by atoms with Crippen LogP contribution in [0.5, 0.6) is 0 Å². The molecule has 0 unspecified atom stereocenters. The Kier molecular flexibility index (Phi) is 3.92. The third kappa shape index (κ3) is 3.05. The molecule has 0 radical (unpaired) electrons. The number of benzene rings is 2. The van der Waals surface area contributed by atoms with E-state index in [-0.39, 0.29) is 5.69 Å². The number of halogens is 3. The number of hydrogen-bond acceptors (Lipinski definition) is 4. The van der Waals surface area contributed by atoms with E-state index in [0.29, 0.717) is 5.56 Å². The first-order valence-corrected chi connectivity index (χ1v) is 6.92. The van der Waals surface area contributed by atoms with Crippen molar-refractivity contribution in [2.45, 2.75) is 6.18 Å². The smallest absolute Gasteiger partial charge is 0.433 e. The molecule has 0 saturated heterocycles. The lowest BCUT2D eigenvalue weighted by molar-refractivity contribution is -0.141. The van der Waals surface area contributed by atoms with Gasteiger partial charge in [0.1, 0.15) is 5.69 Å². The first-order valence-electron chi connectivity index (χ1n) is 6.92. The summed E-state index contributed by atoms with van der Waals surface area (Å²) in [5, 5.41) is 1.79. The van der Waals surface area contributed by atoms with Gasteiger partial charge in [-0.15, -0.1) is 0 Å². The quantitative estimate of drug-likeness (QED) is 0.663. The molecule has 122 valence electrons. The van der Waals surface area contributed by atoms with E-state index in [1.54, 1.807) is 18.2 Å². The van der Waals surface area contributed by atoms with Gasteiger partial charge < -0.3 is 4.74 Å². The van der Waals surface area contributed by atoms with Crippen molar-refractivity contribution in [1.29, 1.82) is 0 Å². The minimum Gasteiger partial charge on any atom is -0.463 e. The number of nitrogens with zero attached hydrogens (tertiary/aromatic N) is 2. The highest BCUT2D eigenvalue weighted by molar-refractivity contribution is 5.88. The largest absolute Gasteiger partial charge is 0.463 e. The fourth-order valence-electron chi connectivity index (χ4n) is 2.27. The number of fused-ring (bicyclic) bond motifs is 1. The predicted molar refractivity (Wildman–Crippen MR) is 81.3 cm³/mol. The Bertz CT molecular complexity index is 923. The first kappa shape index (κ1) is 15.9. The number of methoxy groups -OCH3 is 1. The van der Waals surface area contributed by atoms with Crippen molar-refractivity contribution in [1.82, 2.24) is 9.97 Å². The maximum absolute atomic E-state index is 13.0. The first-order chi connectivity index (χ1) is 11.4. The van der Waals surface area contributed by atoms with Crippen LogP contribution < -0.4 is 0 Å². The number of aromatic nitrogens is 2. The number of carbonyl (C=O) groups excluding carboxylic acids is 1. The molecule has 0 spiro atoms. The highest BCUT2D eigenvalue weighted by Crippen LogP contribution is 2.31. The molecule has 3 rings (SSSR count). The molecule has 7 heteroatoms. The van der Waals surface area contributed by atoms with Crippen molar-refractivity contribution in [3.8, 4) is 11.3 Å². The summed E-state index contributed by atoms with van der Waals surface area (Å²) in [6, 6.07) is 13.4. The van der Waals surface area contributed by atoms with E-state index in [4.69, 9.17) is 0 Å². The van der Waals surface area contributed by atoms with E-state index in [9.17, 15) is 18.0 Å². The van der Waals surface area contributed by atoms with Crippen LogP contribution in [-0.4, -0.2) is 23.0 Å². The zero-order valence-electron chi connectivity index (χ0n) is 12.5. The lowest BCUT2D eigenvalue weighted by atomic mass is 10.0. The third-order valence-corrected chi connectivity index (χ3v) is 3.43. The SMILES string of the molecule is COC(=O)c1nc(-c2ccc3ccccc3c2)cc(C(F)(F)F)n1. The van der Waals surface area contributed by atoms with Gasteiger partial charge in [-0.3, -0.25) is 0 Å². The lowest BCUT2D eigenvalue weighted by Gasteiger charge is -2.10. The Morgan fingerprint density at radius 2 is 1.71 bits per heavy atom. The Morgan fingerprint density at radius 3 is 2.38 bits per heavy atom. The molecule has 0 atom stereocenters. The van der Waals surface area contributed by atoms with Crippen LogP contribution in [0.25, 0.3) is 22.0 Å². The van der Waals surface area contributed by atoms with Crippen LogP contribution in [0.2, 0.25) is 0 Å². The average Bonchev–Trinajstić information content (AvgIpc) is 2.59. The number of hydrogen-bond donors (Lipinski definition) is 0. The van der Waals surface area contributed by atoms with Crippen LogP contribution in [0.4, 0.5) is 13.2 Å². The van der Waals surface area contributed by atoms with E-state index in [1.165, 1.54) is 0 Å². The van der Waals surface area contributed by atoms with Crippen LogP contribution in [0, 0.1) is 0 Å². The zero-order valence-corrected chi connectivity index (χ0v) is 12.5. The van der Waals surface area contributed by atoms with Gasteiger partial charge >= 0.3 is 12.1 Å². The molecule has 1 aromatic heterocycles. The van der Waals surface area contributed by atoms with Gasteiger partial charge in [-0.25, -0.2) is 14.8 Å². The number of carbonyl (C=O) groups is 1.